The Kier molecular flexibility index (Phi) is 4.61. The fourth-order valence-electron chi connectivity index (χ4n) is 2.60. The maximum Gasteiger partial charge on any atom is 0.417 e. The van der Waals surface area contributed by atoms with E-state index in [4.69, 9.17) is 4.74 Å². The van der Waals surface area contributed by atoms with Crippen molar-refractivity contribution in [1.82, 2.24) is 9.97 Å². The summed E-state index contributed by atoms with van der Waals surface area (Å²) in [5.74, 6) is -2.50. The fraction of sp³-hybridized carbons (Fsp3) is 0.167. The SMILES string of the molecule is CC(OC(=O)c1cc(O)ccc1C(F)(F)F)C(=O)c1c[nH]c2ncccc12. The molecule has 0 aliphatic heterocycles. The van der Waals surface area contributed by atoms with Crippen molar-refractivity contribution in [3.8, 4) is 5.75 Å². The zero-order chi connectivity index (χ0) is 19.8. The van der Waals surface area contributed by atoms with Gasteiger partial charge in [0.05, 0.1) is 11.1 Å². The van der Waals surface area contributed by atoms with Gasteiger partial charge in [0, 0.05) is 23.3 Å². The number of esters is 1. The van der Waals surface area contributed by atoms with Crippen LogP contribution in [0.5, 0.6) is 5.75 Å². The first kappa shape index (κ1) is 18.4. The molecular weight excluding hydrogens is 365 g/mol. The second-order valence-corrected chi connectivity index (χ2v) is 5.74. The number of aromatic hydroxyl groups is 1. The van der Waals surface area contributed by atoms with Crippen LogP contribution < -0.4 is 0 Å². The minimum Gasteiger partial charge on any atom is -0.508 e. The normalized spacial score (nSPS) is 12.7. The molecule has 9 heteroatoms. The quantitative estimate of drug-likeness (QED) is 0.533. The molecule has 1 unspecified atom stereocenters. The number of Topliss-reactive ketones (excluding diaryl/α,β-unsaturated/α-hetero) is 1. The zero-order valence-corrected chi connectivity index (χ0v) is 13.9. The molecule has 27 heavy (non-hydrogen) atoms. The van der Waals surface area contributed by atoms with Crippen LogP contribution in [0.25, 0.3) is 11.0 Å². The number of hydrogen-bond acceptors (Lipinski definition) is 5. The molecule has 0 bridgehead atoms. The summed E-state index contributed by atoms with van der Waals surface area (Å²) in [5, 5.41) is 9.91. The molecule has 0 radical (unpaired) electrons. The van der Waals surface area contributed by atoms with E-state index < -0.39 is 40.9 Å². The second kappa shape index (κ2) is 6.75. The first-order valence-electron chi connectivity index (χ1n) is 7.76. The molecule has 0 spiro atoms. The van der Waals surface area contributed by atoms with Crippen LogP contribution in [0.4, 0.5) is 13.2 Å². The third-order valence-corrected chi connectivity index (χ3v) is 3.90. The van der Waals surface area contributed by atoms with Gasteiger partial charge in [0.1, 0.15) is 11.4 Å². The molecule has 1 aromatic carbocycles. The van der Waals surface area contributed by atoms with Crippen molar-refractivity contribution in [1.29, 1.82) is 0 Å². The van der Waals surface area contributed by atoms with E-state index in [9.17, 15) is 27.9 Å². The number of halogens is 3. The van der Waals surface area contributed by atoms with Crippen molar-refractivity contribution in [2.45, 2.75) is 19.2 Å². The summed E-state index contributed by atoms with van der Waals surface area (Å²) in [5.41, 5.74) is -1.49. The number of phenolic OH excluding ortho intramolecular Hbond substituents is 1. The zero-order valence-electron chi connectivity index (χ0n) is 13.9. The average molecular weight is 378 g/mol. The highest BCUT2D eigenvalue weighted by Crippen LogP contribution is 2.34. The van der Waals surface area contributed by atoms with Crippen LogP contribution in [0.1, 0.15) is 33.2 Å². The van der Waals surface area contributed by atoms with Gasteiger partial charge >= 0.3 is 12.1 Å². The molecule has 6 nitrogen and oxygen atoms in total. The lowest BCUT2D eigenvalue weighted by Crippen LogP contribution is -2.25. The molecule has 2 aromatic heterocycles. The van der Waals surface area contributed by atoms with Crippen molar-refractivity contribution in [2.24, 2.45) is 0 Å². The Balaban J connectivity index is 1.86. The lowest BCUT2D eigenvalue weighted by molar-refractivity contribution is -0.138. The first-order chi connectivity index (χ1) is 12.7. The van der Waals surface area contributed by atoms with E-state index in [1.807, 2.05) is 0 Å². The number of benzene rings is 1. The molecule has 3 aromatic rings. The number of ether oxygens (including phenoxy) is 1. The molecule has 0 aliphatic rings. The number of nitrogens with zero attached hydrogens (tertiary/aromatic N) is 1. The molecule has 2 N–H and O–H groups in total. The molecule has 2 heterocycles. The third kappa shape index (κ3) is 3.62. The van der Waals surface area contributed by atoms with Crippen molar-refractivity contribution < 1.29 is 32.6 Å². The van der Waals surface area contributed by atoms with Crippen LogP contribution in [-0.2, 0) is 10.9 Å². The molecule has 140 valence electrons. The number of alkyl halides is 3. The van der Waals surface area contributed by atoms with Crippen LogP contribution in [0.15, 0.2) is 42.7 Å². The van der Waals surface area contributed by atoms with Crippen LogP contribution in [0, 0.1) is 0 Å². The molecule has 0 saturated heterocycles. The highest BCUT2D eigenvalue weighted by Gasteiger charge is 2.36. The Hall–Kier alpha value is -3.36. The molecule has 0 fully saturated rings. The minimum absolute atomic E-state index is 0.199. The average Bonchev–Trinajstić information content (AvgIpc) is 3.03. The van der Waals surface area contributed by atoms with Gasteiger partial charge in [-0.1, -0.05) is 0 Å². The summed E-state index contributed by atoms with van der Waals surface area (Å²) in [7, 11) is 0. The summed E-state index contributed by atoms with van der Waals surface area (Å²) in [6, 6.07) is 5.29. The minimum atomic E-state index is -4.82. The van der Waals surface area contributed by atoms with Gasteiger partial charge in [-0.05, 0) is 37.3 Å². The number of rotatable bonds is 4. The van der Waals surface area contributed by atoms with E-state index in [1.54, 1.807) is 12.1 Å². The summed E-state index contributed by atoms with van der Waals surface area (Å²) in [4.78, 5) is 31.6. The van der Waals surface area contributed by atoms with Crippen molar-refractivity contribution >= 4 is 22.8 Å². The topological polar surface area (TPSA) is 92.3 Å². The van der Waals surface area contributed by atoms with Crippen LogP contribution in [-0.4, -0.2) is 32.9 Å². The lowest BCUT2D eigenvalue weighted by atomic mass is 10.1. The summed E-state index contributed by atoms with van der Waals surface area (Å²) < 4.78 is 44.1. The Morgan fingerprint density at radius 3 is 2.67 bits per heavy atom. The summed E-state index contributed by atoms with van der Waals surface area (Å²) in [6.07, 6.45) is -3.26. The number of aromatic nitrogens is 2. The number of nitrogens with one attached hydrogen (secondary N) is 1. The van der Waals surface area contributed by atoms with E-state index in [2.05, 4.69) is 9.97 Å². The highest BCUT2D eigenvalue weighted by molar-refractivity contribution is 6.10. The van der Waals surface area contributed by atoms with Gasteiger partial charge in [-0.25, -0.2) is 9.78 Å². The van der Waals surface area contributed by atoms with Crippen LogP contribution >= 0.6 is 0 Å². The Labute approximate surface area is 150 Å². The Bertz CT molecular complexity index is 1030. The van der Waals surface area contributed by atoms with Gasteiger partial charge < -0.3 is 14.8 Å². The van der Waals surface area contributed by atoms with E-state index in [1.165, 1.54) is 19.3 Å². The number of pyridine rings is 1. The lowest BCUT2D eigenvalue weighted by Gasteiger charge is -2.15. The predicted molar refractivity (Wildman–Crippen MR) is 88.4 cm³/mol. The van der Waals surface area contributed by atoms with Gasteiger partial charge in [-0.2, -0.15) is 13.2 Å². The van der Waals surface area contributed by atoms with Crippen molar-refractivity contribution in [3.05, 3.63) is 59.4 Å². The van der Waals surface area contributed by atoms with E-state index in [0.717, 1.165) is 6.07 Å². The number of fused-ring (bicyclic) bond motifs is 1. The highest BCUT2D eigenvalue weighted by atomic mass is 19.4. The second-order valence-electron chi connectivity index (χ2n) is 5.74. The van der Waals surface area contributed by atoms with Gasteiger partial charge in [0.15, 0.2) is 6.10 Å². The number of ketones is 1. The predicted octanol–water partition coefficient (Wildman–Crippen LogP) is 3.72. The molecule has 0 aliphatic carbocycles. The standard InChI is InChI=1S/C18H13F3N2O4/c1-9(15(25)13-8-23-16-11(13)3-2-6-22-16)27-17(26)12-7-10(24)4-5-14(12)18(19,20)21/h2-9,24H,1H3,(H,22,23). The van der Waals surface area contributed by atoms with Gasteiger partial charge in [-0.3, -0.25) is 4.79 Å². The van der Waals surface area contributed by atoms with E-state index in [-0.39, 0.29) is 5.56 Å². The Morgan fingerprint density at radius 1 is 1.22 bits per heavy atom. The summed E-state index contributed by atoms with van der Waals surface area (Å²) >= 11 is 0. The summed E-state index contributed by atoms with van der Waals surface area (Å²) in [6.45, 7) is 1.26. The maximum atomic E-state index is 13.1. The van der Waals surface area contributed by atoms with Gasteiger partial charge in [0.2, 0.25) is 5.78 Å². The largest absolute Gasteiger partial charge is 0.508 e. The smallest absolute Gasteiger partial charge is 0.417 e. The Morgan fingerprint density at radius 2 is 1.96 bits per heavy atom. The molecule has 0 amide bonds. The number of carbonyl (C=O) groups excluding carboxylic acids is 2. The third-order valence-electron chi connectivity index (χ3n) is 3.90. The number of phenols is 1. The van der Waals surface area contributed by atoms with Crippen molar-refractivity contribution in [2.75, 3.05) is 0 Å². The van der Waals surface area contributed by atoms with Crippen LogP contribution in [0.3, 0.4) is 0 Å². The number of carbonyl (C=O) groups is 2. The number of hydrogen-bond donors (Lipinski definition) is 2. The fourth-order valence-corrected chi connectivity index (χ4v) is 2.60. The van der Waals surface area contributed by atoms with Gasteiger partial charge in [-0.15, -0.1) is 0 Å². The molecule has 0 saturated carbocycles. The van der Waals surface area contributed by atoms with E-state index in [0.29, 0.717) is 23.2 Å². The molecule has 3 rings (SSSR count). The number of H-pyrrole nitrogens is 1. The maximum absolute atomic E-state index is 13.1. The molecular formula is C18H13F3N2O4. The first-order valence-corrected chi connectivity index (χ1v) is 7.76. The number of aromatic amines is 1. The monoisotopic (exact) mass is 378 g/mol. The van der Waals surface area contributed by atoms with Crippen LogP contribution in [0.2, 0.25) is 0 Å². The molecule has 1 atom stereocenters. The van der Waals surface area contributed by atoms with Gasteiger partial charge in [0.25, 0.3) is 0 Å². The van der Waals surface area contributed by atoms with E-state index >= 15 is 0 Å². The van der Waals surface area contributed by atoms with Crippen molar-refractivity contribution in [3.63, 3.8) is 0 Å².